The predicted molar refractivity (Wildman–Crippen MR) is 67.1 cm³/mol. The summed E-state index contributed by atoms with van der Waals surface area (Å²) in [7, 11) is 0. The fourth-order valence-electron chi connectivity index (χ4n) is 1.68. The average Bonchev–Trinajstić information content (AvgIpc) is 2.72. The highest BCUT2D eigenvalue weighted by atomic mass is 16.1. The molecule has 0 bridgehead atoms. The van der Waals surface area contributed by atoms with Gasteiger partial charge in [-0.15, -0.1) is 0 Å². The number of aromatic nitrogens is 2. The van der Waals surface area contributed by atoms with Crippen molar-refractivity contribution in [1.82, 2.24) is 14.7 Å². The molecular formula is C13H14N4O. The number of nitrogens with zero attached hydrogens (tertiary/aromatic N) is 3. The molecule has 0 saturated carbocycles. The molecule has 1 N–H and O–H groups in total. The summed E-state index contributed by atoms with van der Waals surface area (Å²) in [4.78, 5) is 16.1. The molecule has 2 aromatic heterocycles. The van der Waals surface area contributed by atoms with E-state index in [9.17, 15) is 4.79 Å². The molecule has 18 heavy (non-hydrogen) atoms. The van der Waals surface area contributed by atoms with Gasteiger partial charge in [-0.05, 0) is 31.5 Å². The number of hydrogen-bond acceptors (Lipinski definition) is 3. The van der Waals surface area contributed by atoms with Gasteiger partial charge >= 0.3 is 0 Å². The number of pyridine rings is 1. The van der Waals surface area contributed by atoms with Crippen LogP contribution in [0.2, 0.25) is 0 Å². The maximum Gasteiger partial charge on any atom is 0.271 e. The number of carbonyl (C=O) groups excluding carboxylic acids is 1. The Kier molecular flexibility index (Phi) is 3.28. The molecule has 2 rings (SSSR count). The van der Waals surface area contributed by atoms with Crippen molar-refractivity contribution < 1.29 is 4.79 Å². The third-order valence-corrected chi connectivity index (χ3v) is 2.62. The number of aryl methyl sites for hydroxylation is 1. The number of amides is 1. The van der Waals surface area contributed by atoms with Crippen LogP contribution in [0.5, 0.6) is 0 Å². The molecule has 0 aromatic carbocycles. The Hall–Kier alpha value is -2.35. The first kappa shape index (κ1) is 12.1. The van der Waals surface area contributed by atoms with Crippen LogP contribution in [-0.2, 0) is 0 Å². The van der Waals surface area contributed by atoms with E-state index < -0.39 is 0 Å². The van der Waals surface area contributed by atoms with Crippen molar-refractivity contribution in [2.24, 2.45) is 0 Å². The standard InChI is InChI=1S/C13H14N4O/c1-9-4-6-17-8-11(16-12(17)7-9)13(18)15-10(2)3-5-14/h4,6-8,10H,3H2,1-2H3,(H,15,18)/t10-/m0/s1. The van der Waals surface area contributed by atoms with Crippen LogP contribution in [0, 0.1) is 18.3 Å². The van der Waals surface area contributed by atoms with Crippen LogP contribution < -0.4 is 5.32 Å². The molecule has 5 heteroatoms. The van der Waals surface area contributed by atoms with Gasteiger partial charge in [0, 0.05) is 18.4 Å². The van der Waals surface area contributed by atoms with Crippen LogP contribution in [0.25, 0.3) is 5.65 Å². The zero-order chi connectivity index (χ0) is 13.1. The second kappa shape index (κ2) is 4.88. The van der Waals surface area contributed by atoms with Crippen molar-refractivity contribution in [2.45, 2.75) is 26.3 Å². The molecule has 2 heterocycles. The van der Waals surface area contributed by atoms with E-state index in [0.717, 1.165) is 11.2 Å². The second-order valence-corrected chi connectivity index (χ2v) is 4.33. The predicted octanol–water partition coefficient (Wildman–Crippen LogP) is 1.67. The van der Waals surface area contributed by atoms with Crippen molar-refractivity contribution in [3.05, 3.63) is 35.8 Å². The summed E-state index contributed by atoms with van der Waals surface area (Å²) >= 11 is 0. The molecule has 0 aliphatic rings. The zero-order valence-corrected chi connectivity index (χ0v) is 10.3. The molecule has 0 saturated heterocycles. The normalized spacial score (nSPS) is 12.1. The average molecular weight is 242 g/mol. The minimum Gasteiger partial charge on any atom is -0.347 e. The maximum absolute atomic E-state index is 11.9. The van der Waals surface area contributed by atoms with Gasteiger partial charge in [0.15, 0.2) is 0 Å². The fourth-order valence-corrected chi connectivity index (χ4v) is 1.68. The number of hydrogen-bond donors (Lipinski definition) is 1. The maximum atomic E-state index is 11.9. The zero-order valence-electron chi connectivity index (χ0n) is 10.3. The van der Waals surface area contributed by atoms with E-state index in [-0.39, 0.29) is 18.4 Å². The van der Waals surface area contributed by atoms with Crippen LogP contribution in [0.1, 0.15) is 29.4 Å². The lowest BCUT2D eigenvalue weighted by molar-refractivity contribution is 0.0936. The summed E-state index contributed by atoms with van der Waals surface area (Å²) in [5.74, 6) is -0.251. The summed E-state index contributed by atoms with van der Waals surface area (Å²) < 4.78 is 1.80. The summed E-state index contributed by atoms with van der Waals surface area (Å²) in [6.45, 7) is 3.77. The third kappa shape index (κ3) is 2.48. The van der Waals surface area contributed by atoms with Crippen LogP contribution in [0.4, 0.5) is 0 Å². The van der Waals surface area contributed by atoms with Crippen molar-refractivity contribution in [1.29, 1.82) is 5.26 Å². The molecule has 0 unspecified atom stereocenters. The van der Waals surface area contributed by atoms with E-state index in [1.807, 2.05) is 31.3 Å². The molecule has 2 aromatic rings. The van der Waals surface area contributed by atoms with E-state index >= 15 is 0 Å². The van der Waals surface area contributed by atoms with Gasteiger partial charge in [0.05, 0.1) is 12.5 Å². The van der Waals surface area contributed by atoms with Gasteiger partial charge in [-0.3, -0.25) is 4.79 Å². The Morgan fingerprint density at radius 1 is 1.67 bits per heavy atom. The minimum atomic E-state index is -0.251. The fraction of sp³-hybridized carbons (Fsp3) is 0.308. The van der Waals surface area contributed by atoms with Crippen molar-refractivity contribution in [3.63, 3.8) is 0 Å². The number of imidazole rings is 1. The summed E-state index contributed by atoms with van der Waals surface area (Å²) in [6.07, 6.45) is 3.84. The summed E-state index contributed by atoms with van der Waals surface area (Å²) in [6, 6.07) is 5.71. The van der Waals surface area contributed by atoms with Gasteiger partial charge in [-0.1, -0.05) is 0 Å². The summed E-state index contributed by atoms with van der Waals surface area (Å²) in [5.41, 5.74) is 2.20. The van der Waals surface area contributed by atoms with E-state index in [4.69, 9.17) is 5.26 Å². The van der Waals surface area contributed by atoms with Crippen LogP contribution in [-0.4, -0.2) is 21.3 Å². The van der Waals surface area contributed by atoms with Crippen molar-refractivity contribution >= 4 is 11.6 Å². The topological polar surface area (TPSA) is 70.2 Å². The first-order valence-electron chi connectivity index (χ1n) is 5.73. The number of nitriles is 1. The first-order chi connectivity index (χ1) is 8.60. The summed E-state index contributed by atoms with van der Waals surface area (Å²) in [5, 5.41) is 11.3. The quantitative estimate of drug-likeness (QED) is 0.890. The van der Waals surface area contributed by atoms with Crippen LogP contribution in [0.3, 0.4) is 0 Å². The molecule has 0 fully saturated rings. The largest absolute Gasteiger partial charge is 0.347 e. The van der Waals surface area contributed by atoms with Crippen LogP contribution in [0.15, 0.2) is 24.5 Å². The van der Waals surface area contributed by atoms with Gasteiger partial charge in [0.2, 0.25) is 0 Å². The molecule has 0 radical (unpaired) electrons. The van der Waals surface area contributed by atoms with E-state index in [2.05, 4.69) is 10.3 Å². The molecule has 1 atom stereocenters. The molecule has 1 amide bonds. The van der Waals surface area contributed by atoms with Crippen LogP contribution >= 0.6 is 0 Å². The Labute approximate surface area is 105 Å². The smallest absolute Gasteiger partial charge is 0.271 e. The Bertz CT molecular complexity index is 623. The van der Waals surface area contributed by atoms with Crippen molar-refractivity contribution in [2.75, 3.05) is 0 Å². The lowest BCUT2D eigenvalue weighted by atomic mass is 10.2. The minimum absolute atomic E-state index is 0.172. The monoisotopic (exact) mass is 242 g/mol. The molecule has 5 nitrogen and oxygen atoms in total. The molecule has 0 aliphatic carbocycles. The number of rotatable bonds is 3. The first-order valence-corrected chi connectivity index (χ1v) is 5.73. The number of carbonyl (C=O) groups is 1. The highest BCUT2D eigenvalue weighted by molar-refractivity contribution is 5.93. The Balaban J connectivity index is 2.21. The number of nitrogens with one attached hydrogen (secondary N) is 1. The third-order valence-electron chi connectivity index (χ3n) is 2.62. The highest BCUT2D eigenvalue weighted by Crippen LogP contribution is 2.08. The van der Waals surface area contributed by atoms with Gasteiger partial charge in [-0.2, -0.15) is 5.26 Å². The lowest BCUT2D eigenvalue weighted by Crippen LogP contribution is -2.32. The molecule has 0 aliphatic heterocycles. The van der Waals surface area contributed by atoms with E-state index in [1.165, 1.54) is 0 Å². The molecule has 92 valence electrons. The number of fused-ring (bicyclic) bond motifs is 1. The van der Waals surface area contributed by atoms with Gasteiger partial charge < -0.3 is 9.72 Å². The van der Waals surface area contributed by atoms with Crippen molar-refractivity contribution in [3.8, 4) is 6.07 Å². The Morgan fingerprint density at radius 2 is 2.44 bits per heavy atom. The Morgan fingerprint density at radius 3 is 3.17 bits per heavy atom. The molecular weight excluding hydrogens is 228 g/mol. The van der Waals surface area contributed by atoms with E-state index in [1.54, 1.807) is 17.5 Å². The van der Waals surface area contributed by atoms with E-state index in [0.29, 0.717) is 5.69 Å². The highest BCUT2D eigenvalue weighted by Gasteiger charge is 2.13. The van der Waals surface area contributed by atoms with Gasteiger partial charge in [-0.25, -0.2) is 4.98 Å². The second-order valence-electron chi connectivity index (χ2n) is 4.33. The van der Waals surface area contributed by atoms with Gasteiger partial charge in [0.1, 0.15) is 11.3 Å². The SMILES string of the molecule is Cc1ccn2cc(C(=O)N[C@@H](C)CC#N)nc2c1. The molecule has 0 spiro atoms. The van der Waals surface area contributed by atoms with Gasteiger partial charge in [0.25, 0.3) is 5.91 Å². The lowest BCUT2D eigenvalue weighted by Gasteiger charge is -2.07.